The number of hydrogen-bond acceptors (Lipinski definition) is 5. The fraction of sp³-hybridized carbons (Fsp3) is 0.467. The molecule has 1 aromatic carbocycles. The second-order valence-corrected chi connectivity index (χ2v) is 6.19. The first-order valence-electron chi connectivity index (χ1n) is 6.71. The Bertz CT molecular complexity index is 495. The van der Waals surface area contributed by atoms with Crippen molar-refractivity contribution < 1.29 is 19.8 Å². The number of carbonyl (C=O) groups is 2. The second kappa shape index (κ2) is 7.88. The Morgan fingerprint density at radius 1 is 1.09 bits per heavy atom. The van der Waals surface area contributed by atoms with E-state index in [4.69, 9.17) is 27.4 Å². The van der Waals surface area contributed by atoms with Crippen molar-refractivity contribution in [2.24, 2.45) is 22.6 Å². The third-order valence-electron chi connectivity index (χ3n) is 2.94. The van der Waals surface area contributed by atoms with Crippen LogP contribution in [0.15, 0.2) is 30.3 Å². The molecule has 124 valence electrons. The molecule has 0 aliphatic rings. The van der Waals surface area contributed by atoms with Gasteiger partial charge in [-0.25, -0.2) is 4.79 Å². The van der Waals surface area contributed by atoms with E-state index in [-0.39, 0.29) is 11.8 Å². The molecule has 0 bridgehead atoms. The van der Waals surface area contributed by atoms with Crippen molar-refractivity contribution in [3.8, 4) is 0 Å². The van der Waals surface area contributed by atoms with E-state index >= 15 is 0 Å². The lowest BCUT2D eigenvalue weighted by Crippen LogP contribution is -2.58. The Morgan fingerprint density at radius 2 is 1.55 bits per heavy atom. The molecule has 0 aromatic heterocycles. The summed E-state index contributed by atoms with van der Waals surface area (Å²) in [6.45, 7) is 5.39. The van der Waals surface area contributed by atoms with Gasteiger partial charge < -0.3 is 27.4 Å². The maximum Gasteiger partial charge on any atom is 0.338 e. The molecule has 0 amide bonds. The number of nitrogens with two attached hydrogens (primary N) is 3. The minimum Gasteiger partial charge on any atom is -0.480 e. The van der Waals surface area contributed by atoms with Gasteiger partial charge in [0.2, 0.25) is 0 Å². The van der Waals surface area contributed by atoms with Crippen LogP contribution in [0.2, 0.25) is 0 Å². The van der Waals surface area contributed by atoms with E-state index in [0.717, 1.165) is 5.56 Å². The van der Waals surface area contributed by atoms with Gasteiger partial charge in [0.25, 0.3) is 0 Å². The minimum absolute atomic E-state index is 0.128. The van der Waals surface area contributed by atoms with E-state index in [1.807, 2.05) is 18.2 Å². The topological polar surface area (TPSA) is 153 Å². The summed E-state index contributed by atoms with van der Waals surface area (Å²) in [5.74, 6) is -2.14. The molecule has 0 aliphatic carbocycles. The first kappa shape index (κ1) is 20.0. The highest BCUT2D eigenvalue weighted by molar-refractivity contribution is 5.78. The van der Waals surface area contributed by atoms with Gasteiger partial charge in [0, 0.05) is 6.42 Å². The summed E-state index contributed by atoms with van der Waals surface area (Å²) in [6.07, 6.45) is 0.128. The molecule has 22 heavy (non-hydrogen) atoms. The van der Waals surface area contributed by atoms with Crippen LogP contribution in [0.3, 0.4) is 0 Å². The molecule has 7 nitrogen and oxygen atoms in total. The van der Waals surface area contributed by atoms with Gasteiger partial charge in [0.05, 0.1) is 0 Å². The predicted octanol–water partition coefficient (Wildman–Crippen LogP) is 0.372. The summed E-state index contributed by atoms with van der Waals surface area (Å²) in [6, 6.07) is 8.28. The fourth-order valence-corrected chi connectivity index (χ4v) is 1.38. The third-order valence-corrected chi connectivity index (χ3v) is 2.94. The maximum atomic E-state index is 10.6. The van der Waals surface area contributed by atoms with Crippen LogP contribution >= 0.6 is 0 Å². The zero-order valence-electron chi connectivity index (χ0n) is 13.1. The zero-order valence-corrected chi connectivity index (χ0v) is 13.1. The van der Waals surface area contributed by atoms with Gasteiger partial charge in [-0.05, 0) is 11.0 Å². The summed E-state index contributed by atoms with van der Waals surface area (Å²) in [4.78, 5) is 20.8. The van der Waals surface area contributed by atoms with Crippen LogP contribution < -0.4 is 17.2 Å². The van der Waals surface area contributed by atoms with Crippen LogP contribution in [-0.4, -0.2) is 33.9 Å². The van der Waals surface area contributed by atoms with Crippen LogP contribution in [0.1, 0.15) is 26.3 Å². The van der Waals surface area contributed by atoms with Gasteiger partial charge in [-0.15, -0.1) is 0 Å². The molecular formula is C15H25N3O4. The van der Waals surface area contributed by atoms with Crippen LogP contribution in [0.5, 0.6) is 0 Å². The van der Waals surface area contributed by atoms with Crippen molar-refractivity contribution in [1.29, 1.82) is 0 Å². The molecule has 1 unspecified atom stereocenters. The fourth-order valence-electron chi connectivity index (χ4n) is 1.38. The highest BCUT2D eigenvalue weighted by Crippen LogP contribution is 2.16. The Kier molecular flexibility index (Phi) is 7.18. The van der Waals surface area contributed by atoms with Crippen molar-refractivity contribution in [1.82, 2.24) is 0 Å². The largest absolute Gasteiger partial charge is 0.480 e. The lowest BCUT2D eigenvalue weighted by atomic mass is 9.88. The molecule has 0 saturated carbocycles. The molecule has 8 N–H and O–H groups in total. The van der Waals surface area contributed by atoms with E-state index < -0.39 is 23.6 Å². The number of carboxylic acids is 2. The molecule has 0 aliphatic heterocycles. The molecule has 0 saturated heterocycles. The van der Waals surface area contributed by atoms with Gasteiger partial charge >= 0.3 is 11.9 Å². The zero-order chi connectivity index (χ0) is 17.6. The minimum atomic E-state index is -1.68. The lowest BCUT2D eigenvalue weighted by Gasteiger charge is -2.22. The number of aliphatic carboxylic acids is 2. The number of rotatable bonds is 4. The van der Waals surface area contributed by atoms with E-state index in [2.05, 4.69) is 0 Å². The van der Waals surface area contributed by atoms with Gasteiger partial charge in [-0.1, -0.05) is 51.1 Å². The monoisotopic (exact) mass is 311 g/mol. The van der Waals surface area contributed by atoms with Crippen LogP contribution in [-0.2, 0) is 16.0 Å². The van der Waals surface area contributed by atoms with E-state index in [1.54, 1.807) is 32.9 Å². The van der Waals surface area contributed by atoms with Crippen molar-refractivity contribution >= 4 is 11.9 Å². The Hall–Kier alpha value is -1.96. The van der Waals surface area contributed by atoms with E-state index in [0.29, 0.717) is 0 Å². The second-order valence-electron chi connectivity index (χ2n) is 6.19. The third kappa shape index (κ3) is 7.16. The van der Waals surface area contributed by atoms with Gasteiger partial charge in [0.15, 0.2) is 5.66 Å². The first-order chi connectivity index (χ1) is 9.88. The standard InChI is InChI=1S/C9H12N2O2.C6H13NO2/c10-9(11,8(12)13)6-7-4-2-1-3-5-7;1-6(2,3)4(7)5(8)9/h1-5H,6,10-11H2,(H,12,13);4H,7H2,1-3H3,(H,8,9). The van der Waals surface area contributed by atoms with Crippen molar-refractivity contribution in [3.05, 3.63) is 35.9 Å². The number of benzene rings is 1. The maximum absolute atomic E-state index is 10.6. The van der Waals surface area contributed by atoms with E-state index in [9.17, 15) is 9.59 Å². The van der Waals surface area contributed by atoms with Crippen LogP contribution in [0.25, 0.3) is 0 Å². The summed E-state index contributed by atoms with van der Waals surface area (Å²) >= 11 is 0. The summed E-state index contributed by atoms with van der Waals surface area (Å²) < 4.78 is 0. The van der Waals surface area contributed by atoms with E-state index in [1.165, 1.54) is 0 Å². The SMILES string of the molecule is CC(C)(C)C(N)C(=O)O.NC(N)(Cc1ccccc1)C(=O)O. The molecular weight excluding hydrogens is 286 g/mol. The highest BCUT2D eigenvalue weighted by Gasteiger charge is 2.28. The van der Waals surface area contributed by atoms with Crippen LogP contribution in [0, 0.1) is 5.41 Å². The average molecular weight is 311 g/mol. The average Bonchev–Trinajstić information content (AvgIpc) is 2.37. The first-order valence-corrected chi connectivity index (χ1v) is 6.71. The molecule has 1 atom stereocenters. The Morgan fingerprint density at radius 3 is 1.82 bits per heavy atom. The normalized spacial score (nSPS) is 12.8. The van der Waals surface area contributed by atoms with Crippen molar-refractivity contribution in [2.75, 3.05) is 0 Å². The van der Waals surface area contributed by atoms with Crippen LogP contribution in [0.4, 0.5) is 0 Å². The van der Waals surface area contributed by atoms with Gasteiger partial charge in [0.1, 0.15) is 6.04 Å². The summed E-state index contributed by atoms with van der Waals surface area (Å²) in [7, 11) is 0. The molecule has 0 spiro atoms. The van der Waals surface area contributed by atoms with Crippen molar-refractivity contribution in [3.63, 3.8) is 0 Å². The Balaban J connectivity index is 0.000000433. The number of carboxylic acid groups (broad SMARTS) is 2. The molecule has 1 rings (SSSR count). The molecule has 1 aromatic rings. The molecule has 0 fully saturated rings. The highest BCUT2D eigenvalue weighted by atomic mass is 16.4. The summed E-state index contributed by atoms with van der Waals surface area (Å²) in [5.41, 5.74) is 14.8. The predicted molar refractivity (Wildman–Crippen MR) is 84.0 cm³/mol. The molecule has 0 radical (unpaired) electrons. The lowest BCUT2D eigenvalue weighted by molar-refractivity contribution is -0.143. The number of hydrogen-bond donors (Lipinski definition) is 5. The summed E-state index contributed by atoms with van der Waals surface area (Å²) in [5, 5.41) is 17.0. The van der Waals surface area contributed by atoms with Gasteiger partial charge in [-0.3, -0.25) is 4.79 Å². The Labute approximate surface area is 130 Å². The smallest absolute Gasteiger partial charge is 0.338 e. The quantitative estimate of drug-likeness (QED) is 0.503. The molecule has 7 heteroatoms. The molecule has 0 heterocycles. The van der Waals surface area contributed by atoms with Crippen molar-refractivity contribution in [2.45, 2.75) is 38.9 Å². The van der Waals surface area contributed by atoms with Gasteiger partial charge in [-0.2, -0.15) is 0 Å².